The number of nitrogens with two attached hydrogens (primary N) is 1. The summed E-state index contributed by atoms with van der Waals surface area (Å²) in [5.41, 5.74) is 9.59. The van der Waals surface area contributed by atoms with Crippen molar-refractivity contribution in [3.63, 3.8) is 0 Å². The summed E-state index contributed by atoms with van der Waals surface area (Å²) in [7, 11) is 2.11. The van der Waals surface area contributed by atoms with Crippen molar-refractivity contribution < 1.29 is 4.79 Å². The number of likely N-dealkylation sites (N-methyl/N-ethyl adjacent to an activating group) is 1. The molecule has 0 radical (unpaired) electrons. The molecule has 9 nitrogen and oxygen atoms in total. The molecule has 0 atom stereocenters. The SMILES string of the molecule is CN1CCN(c2cc(C(=O)Nc3cc4cc(-c5cncc(N)c5)ccc4nn3)ccn2)CC1. The molecule has 1 aromatic carbocycles. The number of nitrogens with one attached hydrogen (secondary N) is 1. The first-order valence-corrected chi connectivity index (χ1v) is 10.7. The lowest BCUT2D eigenvalue weighted by Gasteiger charge is -2.33. The van der Waals surface area contributed by atoms with Crippen molar-refractivity contribution in [2.75, 3.05) is 49.2 Å². The van der Waals surface area contributed by atoms with E-state index in [1.807, 2.05) is 36.4 Å². The number of rotatable bonds is 4. The molecule has 0 unspecified atom stereocenters. The van der Waals surface area contributed by atoms with Gasteiger partial charge in [0.1, 0.15) is 5.82 Å². The maximum atomic E-state index is 12.9. The number of carbonyl (C=O) groups is 1. The van der Waals surface area contributed by atoms with E-state index in [0.717, 1.165) is 54.0 Å². The summed E-state index contributed by atoms with van der Waals surface area (Å²) in [6, 6.07) is 13.0. The highest BCUT2D eigenvalue weighted by Gasteiger charge is 2.17. The third-order valence-electron chi connectivity index (χ3n) is 5.75. The number of piperazine rings is 1. The lowest BCUT2D eigenvalue weighted by molar-refractivity contribution is 0.102. The van der Waals surface area contributed by atoms with Gasteiger partial charge in [0.15, 0.2) is 5.82 Å². The molecule has 4 aromatic rings. The van der Waals surface area contributed by atoms with Gasteiger partial charge in [0, 0.05) is 61.3 Å². The van der Waals surface area contributed by atoms with Crippen molar-refractivity contribution in [3.05, 3.63) is 66.6 Å². The van der Waals surface area contributed by atoms with E-state index in [4.69, 9.17) is 5.73 Å². The van der Waals surface area contributed by atoms with Gasteiger partial charge < -0.3 is 20.9 Å². The molecule has 3 aromatic heterocycles. The van der Waals surface area contributed by atoms with Crippen LogP contribution in [0.25, 0.3) is 22.0 Å². The lowest BCUT2D eigenvalue weighted by atomic mass is 10.0. The molecular weight excluding hydrogens is 416 g/mol. The molecule has 1 aliphatic rings. The summed E-state index contributed by atoms with van der Waals surface area (Å²) in [5.74, 6) is 0.937. The predicted molar refractivity (Wildman–Crippen MR) is 129 cm³/mol. The molecule has 1 fully saturated rings. The van der Waals surface area contributed by atoms with E-state index in [1.165, 1.54) is 0 Å². The number of fused-ring (bicyclic) bond motifs is 1. The Morgan fingerprint density at radius 2 is 1.82 bits per heavy atom. The molecule has 0 saturated carbocycles. The second kappa shape index (κ2) is 8.79. The summed E-state index contributed by atoms with van der Waals surface area (Å²) >= 11 is 0. The highest BCUT2D eigenvalue weighted by Crippen LogP contribution is 2.25. The van der Waals surface area contributed by atoms with Gasteiger partial charge in [0.2, 0.25) is 0 Å². The van der Waals surface area contributed by atoms with Crippen molar-refractivity contribution >= 4 is 34.1 Å². The van der Waals surface area contributed by atoms with Crippen LogP contribution in [-0.2, 0) is 0 Å². The largest absolute Gasteiger partial charge is 0.397 e. The highest BCUT2D eigenvalue weighted by atomic mass is 16.1. The zero-order valence-corrected chi connectivity index (χ0v) is 18.3. The Morgan fingerprint density at radius 1 is 0.970 bits per heavy atom. The summed E-state index contributed by atoms with van der Waals surface area (Å²) < 4.78 is 0. The molecule has 0 bridgehead atoms. The number of aromatic nitrogens is 4. The van der Waals surface area contributed by atoms with E-state index in [1.54, 1.807) is 24.7 Å². The van der Waals surface area contributed by atoms with E-state index in [9.17, 15) is 4.79 Å². The van der Waals surface area contributed by atoms with Gasteiger partial charge in [-0.25, -0.2) is 4.98 Å². The zero-order chi connectivity index (χ0) is 22.8. The molecule has 1 aliphatic heterocycles. The Hall–Kier alpha value is -4.11. The van der Waals surface area contributed by atoms with Crippen molar-refractivity contribution in [2.24, 2.45) is 0 Å². The maximum absolute atomic E-state index is 12.9. The van der Waals surface area contributed by atoms with Crippen molar-refractivity contribution in [2.45, 2.75) is 0 Å². The van der Waals surface area contributed by atoms with Crippen molar-refractivity contribution in [1.82, 2.24) is 25.1 Å². The number of anilines is 3. The van der Waals surface area contributed by atoms with Crippen LogP contribution in [0.3, 0.4) is 0 Å². The molecule has 9 heteroatoms. The smallest absolute Gasteiger partial charge is 0.257 e. The van der Waals surface area contributed by atoms with Gasteiger partial charge in [-0.2, -0.15) is 0 Å². The molecule has 166 valence electrons. The Bertz CT molecular complexity index is 1320. The fourth-order valence-corrected chi connectivity index (χ4v) is 3.86. The molecule has 5 rings (SSSR count). The van der Waals surface area contributed by atoms with Crippen molar-refractivity contribution in [3.8, 4) is 11.1 Å². The van der Waals surface area contributed by atoms with Crippen LogP contribution in [0.2, 0.25) is 0 Å². The minimum Gasteiger partial charge on any atom is -0.397 e. The minimum atomic E-state index is -0.252. The molecule has 1 saturated heterocycles. The van der Waals surface area contributed by atoms with E-state index >= 15 is 0 Å². The van der Waals surface area contributed by atoms with Gasteiger partial charge >= 0.3 is 0 Å². The Labute approximate surface area is 191 Å². The van der Waals surface area contributed by atoms with Gasteiger partial charge in [-0.3, -0.25) is 9.78 Å². The number of hydrogen-bond acceptors (Lipinski definition) is 8. The summed E-state index contributed by atoms with van der Waals surface area (Å²) in [5, 5.41) is 12.1. The predicted octanol–water partition coefficient (Wildman–Crippen LogP) is 2.67. The van der Waals surface area contributed by atoms with Gasteiger partial charge in [-0.15, -0.1) is 10.2 Å². The lowest BCUT2D eigenvalue weighted by Crippen LogP contribution is -2.44. The van der Waals surface area contributed by atoms with Gasteiger partial charge in [-0.05, 0) is 49.0 Å². The minimum absolute atomic E-state index is 0.252. The molecule has 3 N–H and O–H groups in total. The van der Waals surface area contributed by atoms with Gasteiger partial charge in [-0.1, -0.05) is 6.07 Å². The molecular formula is C24H24N8O. The highest BCUT2D eigenvalue weighted by molar-refractivity contribution is 6.04. The Morgan fingerprint density at radius 3 is 2.64 bits per heavy atom. The second-order valence-electron chi connectivity index (χ2n) is 8.16. The van der Waals surface area contributed by atoms with Crippen LogP contribution in [0.1, 0.15) is 10.4 Å². The summed E-state index contributed by atoms with van der Waals surface area (Å²) in [4.78, 5) is 26.0. The van der Waals surface area contributed by atoms with Gasteiger partial charge in [0.05, 0.1) is 11.2 Å². The van der Waals surface area contributed by atoms with Crippen molar-refractivity contribution in [1.29, 1.82) is 0 Å². The standard InChI is InChI=1S/C24H24N8O/c1-31-6-8-32(9-7-31)23-13-17(4-5-27-23)24(33)28-22-12-18-10-16(2-3-21(18)29-30-22)19-11-20(25)15-26-14-19/h2-5,10-15H,6-9,25H2,1H3,(H,28,30,33). The summed E-state index contributed by atoms with van der Waals surface area (Å²) in [6.07, 6.45) is 5.04. The van der Waals surface area contributed by atoms with Crippen LogP contribution in [0.15, 0.2) is 61.1 Å². The molecule has 0 aliphatic carbocycles. The summed E-state index contributed by atoms with van der Waals surface area (Å²) in [6.45, 7) is 3.71. The number of amides is 1. The first kappa shape index (κ1) is 20.8. The van der Waals surface area contributed by atoms with E-state index in [0.29, 0.717) is 17.1 Å². The first-order valence-electron chi connectivity index (χ1n) is 10.7. The molecule has 1 amide bonds. The average molecular weight is 441 g/mol. The number of hydrogen-bond donors (Lipinski definition) is 2. The fourth-order valence-electron chi connectivity index (χ4n) is 3.86. The third-order valence-corrected chi connectivity index (χ3v) is 5.75. The van der Waals surface area contributed by atoms with E-state index < -0.39 is 0 Å². The van der Waals surface area contributed by atoms with Crippen LogP contribution < -0.4 is 16.0 Å². The third kappa shape index (κ3) is 4.58. The van der Waals surface area contributed by atoms with E-state index in [-0.39, 0.29) is 5.91 Å². The monoisotopic (exact) mass is 440 g/mol. The number of nitrogen functional groups attached to an aromatic ring is 1. The normalized spacial score (nSPS) is 14.4. The van der Waals surface area contributed by atoms with Crippen LogP contribution in [0.4, 0.5) is 17.3 Å². The van der Waals surface area contributed by atoms with Crippen LogP contribution in [0.5, 0.6) is 0 Å². The zero-order valence-electron chi connectivity index (χ0n) is 18.3. The topological polar surface area (TPSA) is 113 Å². The Balaban J connectivity index is 1.36. The number of benzene rings is 1. The first-order chi connectivity index (χ1) is 16.0. The average Bonchev–Trinajstić information content (AvgIpc) is 2.84. The fraction of sp³-hybridized carbons (Fsp3) is 0.208. The molecule has 0 spiro atoms. The van der Waals surface area contributed by atoms with E-state index in [2.05, 4.69) is 42.3 Å². The van der Waals surface area contributed by atoms with Gasteiger partial charge in [0.25, 0.3) is 5.91 Å². The Kier molecular flexibility index (Phi) is 5.54. The number of pyridine rings is 2. The van der Waals surface area contributed by atoms with Crippen LogP contribution in [0, 0.1) is 0 Å². The van der Waals surface area contributed by atoms with Crippen LogP contribution in [-0.4, -0.2) is 64.2 Å². The molecule has 33 heavy (non-hydrogen) atoms. The second-order valence-corrected chi connectivity index (χ2v) is 8.16. The van der Waals surface area contributed by atoms with Crippen LogP contribution >= 0.6 is 0 Å². The number of nitrogens with zero attached hydrogens (tertiary/aromatic N) is 6. The quantitative estimate of drug-likeness (QED) is 0.498. The number of carbonyl (C=O) groups excluding carboxylic acids is 1. The molecule has 4 heterocycles. The maximum Gasteiger partial charge on any atom is 0.257 e.